The van der Waals surface area contributed by atoms with Crippen molar-refractivity contribution in [1.82, 2.24) is 20.1 Å². The van der Waals surface area contributed by atoms with E-state index in [-0.39, 0.29) is 35.8 Å². The van der Waals surface area contributed by atoms with Crippen LogP contribution in [0.15, 0.2) is 108 Å². The van der Waals surface area contributed by atoms with E-state index in [0.29, 0.717) is 44.9 Å². The fourth-order valence-electron chi connectivity index (χ4n) is 8.30. The zero-order valence-corrected chi connectivity index (χ0v) is 44.7. The molecule has 0 spiro atoms. The average molecular weight is 1020 g/mol. The third-order valence-electron chi connectivity index (χ3n) is 12.1. The fraction of sp³-hybridized carbons (Fsp3) is 0.393. The Kier molecular flexibility index (Phi) is 30.9. The van der Waals surface area contributed by atoms with Gasteiger partial charge in [0.15, 0.2) is 6.29 Å². The molecular formula is C61H79N7O7. The number of rotatable bonds is 25. The van der Waals surface area contributed by atoms with E-state index in [2.05, 4.69) is 98.0 Å². The molecule has 1 atom stereocenters. The van der Waals surface area contributed by atoms with E-state index in [1.54, 1.807) is 25.5 Å². The summed E-state index contributed by atoms with van der Waals surface area (Å²) in [5, 5.41) is 26.6. The fourth-order valence-corrected chi connectivity index (χ4v) is 8.30. The predicted molar refractivity (Wildman–Crippen MR) is 305 cm³/mol. The molecule has 1 amide bonds. The molecule has 6 rings (SSSR count). The number of likely N-dealkylation sites (N-methyl/N-ethyl adjacent to an activating group) is 1. The van der Waals surface area contributed by atoms with Crippen molar-refractivity contribution in [2.45, 2.75) is 109 Å². The van der Waals surface area contributed by atoms with E-state index in [0.717, 1.165) is 103 Å². The molecule has 1 heterocycles. The molecule has 4 aromatic carbocycles. The molecule has 14 heteroatoms. The summed E-state index contributed by atoms with van der Waals surface area (Å²) in [6.07, 6.45) is 18.1. The van der Waals surface area contributed by atoms with Gasteiger partial charge in [0.05, 0.1) is 36.3 Å². The summed E-state index contributed by atoms with van der Waals surface area (Å²) in [5.41, 5.74) is 7.50. The summed E-state index contributed by atoms with van der Waals surface area (Å²) in [6, 6.07) is 33.1. The Morgan fingerprint density at radius 3 is 2.13 bits per heavy atom. The Morgan fingerprint density at radius 2 is 1.53 bits per heavy atom. The van der Waals surface area contributed by atoms with Crippen molar-refractivity contribution < 1.29 is 33.8 Å². The highest BCUT2D eigenvalue weighted by Gasteiger charge is 2.27. The second-order valence-electron chi connectivity index (χ2n) is 17.9. The first-order valence-corrected chi connectivity index (χ1v) is 26.0. The van der Waals surface area contributed by atoms with Gasteiger partial charge in [0.25, 0.3) is 5.91 Å². The molecule has 1 saturated carbocycles. The summed E-state index contributed by atoms with van der Waals surface area (Å²) < 4.78 is 7.94. The molecule has 400 valence electrons. The van der Waals surface area contributed by atoms with Gasteiger partial charge in [-0.25, -0.2) is 0 Å². The summed E-state index contributed by atoms with van der Waals surface area (Å²) in [6.45, 7) is 1.99. The smallest absolute Gasteiger partial charge is 0.258 e. The monoisotopic (exact) mass is 1020 g/mol. The number of aliphatic hydroxyl groups excluding tert-OH is 1. The minimum atomic E-state index is -0.765. The Morgan fingerprint density at radius 1 is 0.853 bits per heavy atom. The number of carbonyl (C=O) groups excluding carboxylic acids is 5. The average Bonchev–Trinajstić information content (AvgIpc) is 3.75. The molecule has 14 nitrogen and oxygen atoms in total. The van der Waals surface area contributed by atoms with Crippen molar-refractivity contribution in [1.29, 1.82) is 5.41 Å². The maximum Gasteiger partial charge on any atom is 0.258 e. The number of aliphatic hydroxyl groups is 1. The maximum atomic E-state index is 12.9. The molecule has 0 radical (unpaired) electrons. The summed E-state index contributed by atoms with van der Waals surface area (Å²) in [4.78, 5) is 61.8. The number of aldehydes is 4. The van der Waals surface area contributed by atoms with Crippen LogP contribution in [0, 0.1) is 17.3 Å². The molecule has 5 aromatic rings. The van der Waals surface area contributed by atoms with Gasteiger partial charge in [0, 0.05) is 68.4 Å². The topological polar surface area (TPSA) is 195 Å². The lowest BCUT2D eigenvalue weighted by molar-refractivity contribution is -0.112. The lowest BCUT2D eigenvalue weighted by Crippen LogP contribution is -2.38. The normalized spacial score (nSPS) is 12.1. The molecule has 1 aliphatic carbocycles. The highest BCUT2D eigenvalue weighted by molar-refractivity contribution is 6.05. The van der Waals surface area contributed by atoms with Gasteiger partial charge in [0.1, 0.15) is 30.4 Å². The number of aromatic nitrogens is 1. The second kappa shape index (κ2) is 37.4. The first-order chi connectivity index (χ1) is 36.7. The summed E-state index contributed by atoms with van der Waals surface area (Å²) in [7, 11) is 8.92. The van der Waals surface area contributed by atoms with Gasteiger partial charge in [-0.2, -0.15) is 0 Å². The van der Waals surface area contributed by atoms with Crippen LogP contribution in [0.3, 0.4) is 0 Å². The zero-order valence-electron chi connectivity index (χ0n) is 44.7. The molecule has 1 aliphatic rings. The van der Waals surface area contributed by atoms with Crippen molar-refractivity contribution in [3.05, 3.63) is 131 Å². The van der Waals surface area contributed by atoms with Crippen molar-refractivity contribution in [2.75, 3.05) is 53.7 Å². The zero-order chi connectivity index (χ0) is 54.5. The number of amides is 1. The van der Waals surface area contributed by atoms with Crippen molar-refractivity contribution in [2.24, 2.45) is 4.99 Å². The first-order valence-electron chi connectivity index (χ1n) is 26.0. The number of benzene rings is 4. The molecular weight excluding hydrogens is 943 g/mol. The highest BCUT2D eigenvalue weighted by Crippen LogP contribution is 2.41. The van der Waals surface area contributed by atoms with Gasteiger partial charge in [-0.15, -0.1) is 0 Å². The standard InChI is InChI=1S/C33H35N5.C20H25NO6.C6H12O.C2H7N/c1-35-21-12-4-3-7-14-26-15-13-16-27(22-26)24-38-32(29-19-10-6-11-20-29)31(28-17-8-5-9-18-28)30(23-34)33(38)37-25-36-2;1-21(17(15-25)9-7-12-23)20(26)19-16(14-24)8-6-10-18(19)27-13-5-3-2-4-11-22;7-6-4-2-1-3-5-6;1-3-2/h5-6,8-11,13,15-20,22-23,25,34-35H,3-4,12,21,24H2,1-2H3,(H,36,37);6,8,10-12,14-15,17H,2-5,7,9,13H2,1H3;6-7H,1-5H2;3H,1-2H3. The number of carbonyl (C=O) groups is 5. The quantitative estimate of drug-likeness (QED) is 0.0123. The van der Waals surface area contributed by atoms with Gasteiger partial charge in [0.2, 0.25) is 0 Å². The van der Waals surface area contributed by atoms with Gasteiger partial charge in [-0.1, -0.05) is 116 Å². The predicted octanol–water partition coefficient (Wildman–Crippen LogP) is 10.1. The van der Waals surface area contributed by atoms with Crippen LogP contribution in [0.4, 0.5) is 5.82 Å². The Balaban J connectivity index is 0.000000347. The number of unbranched alkanes of at least 4 members (excludes halogenated alkanes) is 5. The Labute approximate surface area is 445 Å². The van der Waals surface area contributed by atoms with E-state index in [9.17, 15) is 24.0 Å². The number of aliphatic imine (C=N–C) groups is 1. The van der Waals surface area contributed by atoms with E-state index in [1.165, 1.54) is 43.5 Å². The Bertz CT molecular complexity index is 2560. The molecule has 0 aliphatic heterocycles. The number of nitrogens with one attached hydrogen (secondary N) is 4. The third-order valence-corrected chi connectivity index (χ3v) is 12.1. The van der Waals surface area contributed by atoms with Crippen molar-refractivity contribution in [3.8, 4) is 40.0 Å². The number of ether oxygens (including phenoxy) is 1. The van der Waals surface area contributed by atoms with Gasteiger partial charge in [-0.05, 0) is 114 Å². The number of nitrogens with zero attached hydrogens (tertiary/aromatic N) is 3. The lowest BCUT2D eigenvalue weighted by Gasteiger charge is -2.25. The minimum absolute atomic E-state index is 0.0359. The van der Waals surface area contributed by atoms with E-state index in [1.807, 2.05) is 45.4 Å². The second-order valence-corrected chi connectivity index (χ2v) is 17.9. The lowest BCUT2D eigenvalue weighted by atomic mass is 9.98. The highest BCUT2D eigenvalue weighted by atomic mass is 16.5. The first kappa shape index (κ1) is 62.0. The van der Waals surface area contributed by atoms with E-state index in [4.69, 9.17) is 15.3 Å². The van der Waals surface area contributed by atoms with Crippen LogP contribution in [-0.4, -0.2) is 119 Å². The van der Waals surface area contributed by atoms with Crippen molar-refractivity contribution in [3.63, 3.8) is 0 Å². The van der Waals surface area contributed by atoms with Crippen LogP contribution in [0.2, 0.25) is 0 Å². The number of hydrogen-bond donors (Lipinski definition) is 5. The number of hydrogen-bond acceptors (Lipinski definition) is 11. The van der Waals surface area contributed by atoms with Crippen molar-refractivity contribution >= 4 is 49.4 Å². The van der Waals surface area contributed by atoms with Crippen LogP contribution in [0.25, 0.3) is 22.4 Å². The minimum Gasteiger partial charge on any atom is -0.493 e. The van der Waals surface area contributed by atoms with Gasteiger partial charge < -0.3 is 55.1 Å². The van der Waals surface area contributed by atoms with Gasteiger partial charge >= 0.3 is 0 Å². The Hall–Kier alpha value is -7.31. The molecule has 1 aromatic heterocycles. The summed E-state index contributed by atoms with van der Waals surface area (Å²) in [5.74, 6) is 7.26. The van der Waals surface area contributed by atoms with Crippen LogP contribution < -0.4 is 20.7 Å². The molecule has 1 fully saturated rings. The SMILES string of the molecule is CN(C(=O)c1c(C=O)cccc1OCCCCCC=O)C(C=O)CCC=O.CN=CNc1c(C=N)c(-c2ccccc2)c(-c2ccccc2)n1Cc1cccc(C#CCCCCNC)c1.CNC.OC1CCCCC1. The molecule has 5 N–H and O–H groups in total. The van der Waals surface area contributed by atoms with Gasteiger partial charge in [-0.3, -0.25) is 14.6 Å². The molecule has 1 unspecified atom stereocenters. The molecule has 0 bridgehead atoms. The van der Waals surface area contributed by atoms with Crippen LogP contribution >= 0.6 is 0 Å². The number of anilines is 1. The van der Waals surface area contributed by atoms with Crippen LogP contribution in [0.1, 0.15) is 127 Å². The molecule has 0 saturated heterocycles. The third kappa shape index (κ3) is 21.2. The van der Waals surface area contributed by atoms with Crippen LogP contribution in [-0.2, 0) is 20.9 Å². The maximum absolute atomic E-state index is 12.9. The van der Waals surface area contributed by atoms with E-state index >= 15 is 0 Å². The largest absolute Gasteiger partial charge is 0.493 e. The molecule has 75 heavy (non-hydrogen) atoms. The van der Waals surface area contributed by atoms with Crippen LogP contribution in [0.5, 0.6) is 5.75 Å². The summed E-state index contributed by atoms with van der Waals surface area (Å²) >= 11 is 0. The van der Waals surface area contributed by atoms with E-state index < -0.39 is 11.9 Å².